The Labute approximate surface area is 122 Å². The number of nitrogens with zero attached hydrogens (tertiary/aromatic N) is 4. The topological polar surface area (TPSA) is 102 Å². The molecule has 2 aliphatic rings. The van der Waals surface area contributed by atoms with E-state index in [1.165, 1.54) is 18.0 Å². The molecule has 0 aliphatic carbocycles. The molecule has 2 saturated heterocycles. The number of amides is 2. The van der Waals surface area contributed by atoms with Crippen molar-refractivity contribution in [2.45, 2.75) is 0 Å². The zero-order chi connectivity index (χ0) is 14.9. The van der Waals surface area contributed by atoms with E-state index in [0.29, 0.717) is 0 Å². The highest BCUT2D eigenvalue weighted by atomic mass is 32.2. The van der Waals surface area contributed by atoms with Crippen LogP contribution >= 0.6 is 11.8 Å². The van der Waals surface area contributed by atoms with Gasteiger partial charge in [-0.05, 0) is 16.9 Å². The zero-order valence-electron chi connectivity index (χ0n) is 10.6. The lowest BCUT2D eigenvalue weighted by atomic mass is 10.5. The first-order valence-electron chi connectivity index (χ1n) is 5.57. The van der Waals surface area contributed by atoms with Crippen molar-refractivity contribution in [1.29, 1.82) is 0 Å². The van der Waals surface area contributed by atoms with Gasteiger partial charge in [-0.2, -0.15) is 4.90 Å². The average molecular weight is 316 g/mol. The number of hydrazone groups is 1. The summed E-state index contributed by atoms with van der Waals surface area (Å²) in [6.07, 6.45) is 1.49. The molecule has 0 aromatic carbocycles. The summed E-state index contributed by atoms with van der Waals surface area (Å²) in [4.78, 5) is 25.5. The van der Waals surface area contributed by atoms with Crippen molar-refractivity contribution < 1.29 is 19.0 Å². The van der Waals surface area contributed by atoms with Gasteiger partial charge < -0.3 is 9.76 Å². The summed E-state index contributed by atoms with van der Waals surface area (Å²) in [6, 6.07) is 0. The Balaban J connectivity index is 2.32. The molecule has 2 fully saturated rings. The minimum Gasteiger partial charge on any atom is -0.690 e. The van der Waals surface area contributed by atoms with Crippen molar-refractivity contribution in [3.8, 4) is 0 Å². The van der Waals surface area contributed by atoms with E-state index in [1.807, 2.05) is 0 Å². The van der Waals surface area contributed by atoms with Crippen LogP contribution in [-0.4, -0.2) is 66.4 Å². The molecule has 0 radical (unpaired) electrons. The lowest BCUT2D eigenvalue weighted by Gasteiger charge is -2.12. The second kappa shape index (κ2) is 5.85. The molecule has 0 aromatic heterocycles. The summed E-state index contributed by atoms with van der Waals surface area (Å²) in [5.74, 6) is -0.618. The molecule has 0 saturated carbocycles. The summed E-state index contributed by atoms with van der Waals surface area (Å²) in [7, 11) is 1.40. The maximum Gasteiger partial charge on any atom is 0.363 e. The number of hydrogen-bond donors (Lipinski definition) is 0. The molecule has 2 rings (SSSR count). The molecule has 8 nitrogen and oxygen atoms in total. The van der Waals surface area contributed by atoms with Gasteiger partial charge in [0, 0.05) is 18.2 Å². The van der Waals surface area contributed by atoms with E-state index in [4.69, 9.17) is 0 Å². The van der Waals surface area contributed by atoms with Crippen LogP contribution in [0.1, 0.15) is 0 Å². The summed E-state index contributed by atoms with van der Waals surface area (Å²) in [5.41, 5.74) is 0. The monoisotopic (exact) mass is 316 g/mol. The van der Waals surface area contributed by atoms with Crippen LogP contribution in [-0.2, 0) is 20.8 Å². The van der Waals surface area contributed by atoms with Crippen LogP contribution in [0, 0.1) is 5.21 Å². The Kier molecular flexibility index (Phi) is 4.35. The molecular weight excluding hydrogens is 304 g/mol. The quantitative estimate of drug-likeness (QED) is 0.221. The molecule has 2 amide bonds. The summed E-state index contributed by atoms with van der Waals surface area (Å²) in [6.45, 7) is 3.71. The fourth-order valence-electron chi connectivity index (χ4n) is 1.62. The van der Waals surface area contributed by atoms with Gasteiger partial charge in [-0.25, -0.2) is 4.79 Å². The molecule has 2 heterocycles. The van der Waals surface area contributed by atoms with Gasteiger partial charge in [0.25, 0.3) is 5.91 Å². The normalized spacial score (nSPS) is 27.7. The van der Waals surface area contributed by atoms with Crippen LogP contribution in [0.2, 0.25) is 0 Å². The van der Waals surface area contributed by atoms with E-state index in [9.17, 15) is 19.3 Å². The molecule has 1 atom stereocenters. The van der Waals surface area contributed by atoms with Gasteiger partial charge in [-0.1, -0.05) is 12.7 Å². The maximum atomic E-state index is 12.0. The minimum absolute atomic E-state index is 0.0900. The van der Waals surface area contributed by atoms with E-state index in [2.05, 4.69) is 11.7 Å². The van der Waals surface area contributed by atoms with E-state index in [1.54, 1.807) is 0 Å². The van der Waals surface area contributed by atoms with Gasteiger partial charge >= 0.3 is 16.2 Å². The minimum atomic E-state index is -1.63. The molecule has 1 unspecified atom stereocenters. The summed E-state index contributed by atoms with van der Waals surface area (Å²) >= 11 is -0.584. The Morgan fingerprint density at radius 3 is 2.80 bits per heavy atom. The van der Waals surface area contributed by atoms with E-state index in [0.717, 1.165) is 16.7 Å². The molecular formula is C10H12N4O4S2. The SMILES string of the molecule is C=CCN1C(=O)CSC1=[N+]([O-])N=C1N(C)C(=O)C[S+]1[O-]. The first-order valence-corrected chi connectivity index (χ1v) is 7.88. The Morgan fingerprint density at radius 1 is 1.55 bits per heavy atom. The van der Waals surface area contributed by atoms with Gasteiger partial charge in [-0.3, -0.25) is 9.69 Å². The van der Waals surface area contributed by atoms with Crippen molar-refractivity contribution >= 4 is 45.1 Å². The predicted octanol–water partition coefficient (Wildman–Crippen LogP) is -0.894. The third-order valence-corrected chi connectivity index (χ3v) is 4.93. The lowest BCUT2D eigenvalue weighted by molar-refractivity contribution is -0.464. The highest BCUT2D eigenvalue weighted by Crippen LogP contribution is 2.19. The largest absolute Gasteiger partial charge is 0.690 e. The Morgan fingerprint density at radius 2 is 2.25 bits per heavy atom. The number of rotatable bonds is 3. The van der Waals surface area contributed by atoms with Crippen LogP contribution in [0.25, 0.3) is 0 Å². The summed E-state index contributed by atoms with van der Waals surface area (Å²) in [5, 5.41) is 15.6. The molecule has 108 valence electrons. The van der Waals surface area contributed by atoms with Gasteiger partial charge in [0.05, 0.1) is 0 Å². The van der Waals surface area contributed by atoms with E-state index < -0.39 is 11.2 Å². The number of thioether (sulfide) groups is 1. The Bertz CT molecular complexity index is 533. The molecule has 10 heteroatoms. The third kappa shape index (κ3) is 2.67. The van der Waals surface area contributed by atoms with Crippen molar-refractivity contribution in [3.63, 3.8) is 0 Å². The molecule has 0 bridgehead atoms. The van der Waals surface area contributed by atoms with Crippen LogP contribution in [0.3, 0.4) is 0 Å². The van der Waals surface area contributed by atoms with Crippen molar-refractivity contribution in [2.75, 3.05) is 25.1 Å². The highest BCUT2D eigenvalue weighted by molar-refractivity contribution is 8.14. The van der Waals surface area contributed by atoms with Crippen LogP contribution in [0.15, 0.2) is 17.8 Å². The van der Waals surface area contributed by atoms with Gasteiger partial charge in [0.1, 0.15) is 12.3 Å². The maximum absolute atomic E-state index is 12.0. The van der Waals surface area contributed by atoms with E-state index >= 15 is 0 Å². The third-order valence-electron chi connectivity index (χ3n) is 2.63. The van der Waals surface area contributed by atoms with E-state index in [-0.39, 0.29) is 45.0 Å². The van der Waals surface area contributed by atoms with Gasteiger partial charge in [0.15, 0.2) is 5.75 Å². The fraction of sp³-hybridized carbons (Fsp3) is 0.400. The molecule has 0 aromatic rings. The first-order chi connectivity index (χ1) is 9.45. The molecule has 2 aliphatic heterocycles. The lowest BCUT2D eigenvalue weighted by Crippen LogP contribution is -2.34. The fourth-order valence-corrected chi connectivity index (χ4v) is 3.63. The smallest absolute Gasteiger partial charge is 0.363 e. The number of carbonyl (C=O) groups is 2. The molecule has 0 spiro atoms. The molecule has 0 N–H and O–H groups in total. The van der Waals surface area contributed by atoms with Crippen LogP contribution in [0.5, 0.6) is 0 Å². The second-order valence-electron chi connectivity index (χ2n) is 3.96. The van der Waals surface area contributed by atoms with Crippen molar-refractivity contribution in [1.82, 2.24) is 9.80 Å². The Hall–Kier alpha value is -1.52. The predicted molar refractivity (Wildman–Crippen MR) is 76.2 cm³/mol. The molecule has 20 heavy (non-hydrogen) atoms. The highest BCUT2D eigenvalue weighted by Gasteiger charge is 2.41. The second-order valence-corrected chi connectivity index (χ2v) is 6.25. The number of hydrogen-bond acceptors (Lipinski definition) is 6. The van der Waals surface area contributed by atoms with Crippen molar-refractivity contribution in [2.24, 2.45) is 5.10 Å². The van der Waals surface area contributed by atoms with Crippen LogP contribution in [0.4, 0.5) is 0 Å². The van der Waals surface area contributed by atoms with Crippen molar-refractivity contribution in [3.05, 3.63) is 17.9 Å². The van der Waals surface area contributed by atoms with Gasteiger partial charge in [0.2, 0.25) is 0 Å². The average Bonchev–Trinajstić information content (AvgIpc) is 2.86. The number of carbonyl (C=O) groups excluding carboxylic acids is 2. The van der Waals surface area contributed by atoms with Crippen LogP contribution < -0.4 is 0 Å². The first kappa shape index (κ1) is 14.9. The summed E-state index contributed by atoms with van der Waals surface area (Å²) < 4.78 is 11.7. The number of amidine groups is 2. The van der Waals surface area contributed by atoms with Gasteiger partial charge in [-0.15, -0.1) is 4.85 Å². The standard InChI is InChI=1S/C10H12N4O4S2/c1-3-4-13-7(15)5-19-10(13)14(17)11-9-12(2)8(16)6-20(9)18/h3H,1,4-6H2,2H3. The zero-order valence-corrected chi connectivity index (χ0v) is 12.3.